The van der Waals surface area contributed by atoms with Gasteiger partial charge in [0.1, 0.15) is 11.6 Å². The highest BCUT2D eigenvalue weighted by molar-refractivity contribution is 14.1. The fraction of sp³-hybridized carbons (Fsp3) is 0.0526. The number of hydrogen-bond donors (Lipinski definition) is 2. The second-order valence-corrected chi connectivity index (χ2v) is 6.89. The first-order valence-corrected chi connectivity index (χ1v) is 9.13. The molecule has 0 atom stereocenters. The minimum atomic E-state index is -4.43. The van der Waals surface area contributed by atoms with Crippen LogP contribution in [0, 0.1) is 14.9 Å². The summed E-state index contributed by atoms with van der Waals surface area (Å²) in [5, 5.41) is 13.1. The van der Waals surface area contributed by atoms with Crippen molar-refractivity contribution in [3.05, 3.63) is 79.1 Å². The number of nitrogens with zero attached hydrogens (tertiary/aromatic N) is 3. The van der Waals surface area contributed by atoms with Crippen molar-refractivity contribution >= 4 is 34.8 Å². The Hall–Kier alpha value is -3.20. The van der Waals surface area contributed by atoms with Crippen molar-refractivity contribution in [3.8, 4) is 17.3 Å². The Kier molecular flexibility index (Phi) is 5.97. The standard InChI is InChI=1S/C19H11F3IN5O/c20-19(21,22)14-7-6-11(8-15(14)23)10-25-28-18-26-16(12-4-2-1-3-5-12)13(9-24)17(29)27-18/h1-8,10H,(H2,26,27,28,29). The van der Waals surface area contributed by atoms with Gasteiger partial charge in [-0.15, -0.1) is 0 Å². The number of nitrogens with one attached hydrogen (secondary N) is 2. The number of benzene rings is 2. The summed E-state index contributed by atoms with van der Waals surface area (Å²) in [6.07, 6.45) is -3.13. The lowest BCUT2D eigenvalue weighted by atomic mass is 10.1. The molecule has 1 heterocycles. The molecule has 0 aliphatic carbocycles. The summed E-state index contributed by atoms with van der Waals surface area (Å²) in [4.78, 5) is 18.8. The van der Waals surface area contributed by atoms with Crippen LogP contribution in [0.25, 0.3) is 11.3 Å². The Morgan fingerprint density at radius 1 is 1.21 bits per heavy atom. The third kappa shape index (κ3) is 4.80. The van der Waals surface area contributed by atoms with E-state index < -0.39 is 17.3 Å². The molecule has 146 valence electrons. The molecule has 0 amide bonds. The molecule has 0 saturated heterocycles. The molecule has 3 aromatic rings. The molecule has 29 heavy (non-hydrogen) atoms. The van der Waals surface area contributed by atoms with E-state index in [0.29, 0.717) is 11.1 Å². The van der Waals surface area contributed by atoms with Crippen molar-refractivity contribution in [1.82, 2.24) is 9.97 Å². The third-order valence-corrected chi connectivity index (χ3v) is 4.65. The lowest BCUT2D eigenvalue weighted by Crippen LogP contribution is -2.16. The highest BCUT2D eigenvalue weighted by atomic mass is 127. The van der Waals surface area contributed by atoms with E-state index >= 15 is 0 Å². The summed E-state index contributed by atoms with van der Waals surface area (Å²) in [5.41, 5.74) is 2.23. The van der Waals surface area contributed by atoms with Gasteiger partial charge in [0.2, 0.25) is 5.95 Å². The van der Waals surface area contributed by atoms with Crippen molar-refractivity contribution in [2.45, 2.75) is 6.18 Å². The molecule has 0 spiro atoms. The molecule has 0 radical (unpaired) electrons. The highest BCUT2D eigenvalue weighted by Crippen LogP contribution is 2.32. The molecule has 1 aromatic heterocycles. The maximum Gasteiger partial charge on any atom is 0.417 e. The van der Waals surface area contributed by atoms with Gasteiger partial charge >= 0.3 is 6.18 Å². The van der Waals surface area contributed by atoms with Gasteiger partial charge in [-0.25, -0.2) is 10.4 Å². The number of alkyl halides is 3. The van der Waals surface area contributed by atoms with E-state index in [0.717, 1.165) is 6.07 Å². The Morgan fingerprint density at radius 2 is 1.93 bits per heavy atom. The SMILES string of the molecule is N#Cc1c(-c2ccccc2)nc(NN=Cc2ccc(C(F)(F)F)c(I)c2)[nH]c1=O. The van der Waals surface area contributed by atoms with Crippen molar-refractivity contribution in [3.63, 3.8) is 0 Å². The van der Waals surface area contributed by atoms with Crippen molar-refractivity contribution < 1.29 is 13.2 Å². The number of nitriles is 1. The molecule has 0 aliphatic heterocycles. The van der Waals surface area contributed by atoms with Crippen molar-refractivity contribution in [1.29, 1.82) is 5.26 Å². The maximum absolute atomic E-state index is 12.8. The number of hydrogen-bond acceptors (Lipinski definition) is 5. The Labute approximate surface area is 176 Å². The molecule has 0 fully saturated rings. The van der Waals surface area contributed by atoms with Gasteiger partial charge in [0.25, 0.3) is 5.56 Å². The Morgan fingerprint density at radius 3 is 2.55 bits per heavy atom. The zero-order valence-corrected chi connectivity index (χ0v) is 16.6. The van der Waals surface area contributed by atoms with Gasteiger partial charge in [-0.1, -0.05) is 36.4 Å². The first kappa shape index (κ1) is 20.5. The molecule has 3 rings (SSSR count). The van der Waals surface area contributed by atoms with Gasteiger partial charge in [0.15, 0.2) is 0 Å². The maximum atomic E-state index is 12.8. The summed E-state index contributed by atoms with van der Waals surface area (Å²) in [7, 11) is 0. The third-order valence-electron chi connectivity index (χ3n) is 3.76. The quantitative estimate of drug-likeness (QED) is 0.310. The van der Waals surface area contributed by atoms with Crippen molar-refractivity contribution in [2.75, 3.05) is 5.43 Å². The summed E-state index contributed by atoms with van der Waals surface area (Å²) < 4.78 is 38.5. The smallest absolute Gasteiger partial charge is 0.290 e. The normalized spacial score (nSPS) is 11.4. The Bertz CT molecular complexity index is 1170. The number of rotatable bonds is 4. The number of aromatic nitrogens is 2. The van der Waals surface area contributed by atoms with Gasteiger partial charge in [-0.05, 0) is 40.3 Å². The molecular weight excluding hydrogens is 498 g/mol. The monoisotopic (exact) mass is 509 g/mol. The molecule has 6 nitrogen and oxygen atoms in total. The lowest BCUT2D eigenvalue weighted by Gasteiger charge is -2.09. The van der Waals surface area contributed by atoms with E-state index in [1.165, 1.54) is 18.3 Å². The van der Waals surface area contributed by atoms with E-state index in [1.54, 1.807) is 52.9 Å². The highest BCUT2D eigenvalue weighted by Gasteiger charge is 2.32. The zero-order valence-electron chi connectivity index (χ0n) is 14.5. The van der Waals surface area contributed by atoms with Crippen molar-refractivity contribution in [2.24, 2.45) is 5.10 Å². The van der Waals surface area contributed by atoms with Crippen LogP contribution in [0.15, 0.2) is 58.4 Å². The zero-order chi connectivity index (χ0) is 21.0. The van der Waals surface area contributed by atoms with Crippen LogP contribution in [0.3, 0.4) is 0 Å². The topological polar surface area (TPSA) is 93.9 Å². The molecule has 0 saturated carbocycles. The second kappa shape index (κ2) is 8.44. The van der Waals surface area contributed by atoms with E-state index in [-0.39, 0.29) is 20.8 Å². The number of H-pyrrole nitrogens is 1. The van der Waals surface area contributed by atoms with Crippen LogP contribution in [0.1, 0.15) is 16.7 Å². The van der Waals surface area contributed by atoms with E-state index in [1.807, 2.05) is 6.07 Å². The summed E-state index contributed by atoms with van der Waals surface area (Å²) in [5.74, 6) is -0.00860. The minimum Gasteiger partial charge on any atom is -0.290 e. The summed E-state index contributed by atoms with van der Waals surface area (Å²) in [6.45, 7) is 0. The predicted octanol–water partition coefficient (Wildman–Crippen LogP) is 4.38. The first-order valence-electron chi connectivity index (χ1n) is 8.05. The summed E-state index contributed by atoms with van der Waals surface area (Å²) >= 11 is 1.60. The van der Waals surface area contributed by atoms with E-state index in [4.69, 9.17) is 0 Å². The van der Waals surface area contributed by atoms with Crippen LogP contribution >= 0.6 is 22.6 Å². The lowest BCUT2D eigenvalue weighted by molar-refractivity contribution is -0.138. The second-order valence-electron chi connectivity index (χ2n) is 5.72. The van der Waals surface area contributed by atoms with Gasteiger partial charge in [-0.2, -0.15) is 23.5 Å². The first-order chi connectivity index (χ1) is 13.8. The fourth-order valence-electron chi connectivity index (χ4n) is 2.44. The van der Waals surface area contributed by atoms with Crippen LogP contribution in [-0.4, -0.2) is 16.2 Å². The Balaban J connectivity index is 1.86. The largest absolute Gasteiger partial charge is 0.417 e. The molecule has 0 unspecified atom stereocenters. The molecule has 10 heteroatoms. The molecule has 0 aliphatic rings. The average molecular weight is 509 g/mol. The minimum absolute atomic E-state index is 0.00860. The van der Waals surface area contributed by atoms with Crippen LogP contribution in [0.5, 0.6) is 0 Å². The molecule has 2 aromatic carbocycles. The van der Waals surface area contributed by atoms with Gasteiger partial charge in [0.05, 0.1) is 17.5 Å². The van der Waals surface area contributed by atoms with E-state index in [9.17, 15) is 23.2 Å². The molecule has 0 bridgehead atoms. The number of anilines is 1. The number of hydrazone groups is 1. The van der Waals surface area contributed by atoms with Crippen LogP contribution in [-0.2, 0) is 6.18 Å². The average Bonchev–Trinajstić information content (AvgIpc) is 2.67. The van der Waals surface area contributed by atoms with Crippen LogP contribution < -0.4 is 11.0 Å². The van der Waals surface area contributed by atoms with Gasteiger partial charge in [0, 0.05) is 9.13 Å². The molecule has 2 N–H and O–H groups in total. The van der Waals surface area contributed by atoms with E-state index in [2.05, 4.69) is 20.5 Å². The molecular formula is C19H11F3IN5O. The van der Waals surface area contributed by atoms with Crippen LogP contribution in [0.4, 0.5) is 19.1 Å². The predicted molar refractivity (Wildman–Crippen MR) is 110 cm³/mol. The van der Waals surface area contributed by atoms with Gasteiger partial charge < -0.3 is 0 Å². The van der Waals surface area contributed by atoms with Crippen LogP contribution in [0.2, 0.25) is 0 Å². The number of halogens is 4. The number of aromatic amines is 1. The summed E-state index contributed by atoms with van der Waals surface area (Å²) in [6, 6.07) is 14.1. The fourth-order valence-corrected chi connectivity index (χ4v) is 3.29. The van der Waals surface area contributed by atoms with Gasteiger partial charge in [-0.3, -0.25) is 9.78 Å².